The summed E-state index contributed by atoms with van der Waals surface area (Å²) in [4.78, 5) is 0. The van der Waals surface area contributed by atoms with Gasteiger partial charge in [-0.1, -0.05) is 25.8 Å². The normalized spacial score (nSPS) is 16.3. The lowest BCUT2D eigenvalue weighted by molar-refractivity contribution is 0.0398. The third-order valence-electron chi connectivity index (χ3n) is 1.92. The molecule has 0 radical (unpaired) electrons. The van der Waals surface area contributed by atoms with Crippen molar-refractivity contribution in [3.8, 4) is 0 Å². The summed E-state index contributed by atoms with van der Waals surface area (Å²) in [6.45, 7) is 7.98. The van der Waals surface area contributed by atoms with Crippen LogP contribution in [0.15, 0.2) is 12.7 Å². The van der Waals surface area contributed by atoms with Crippen LogP contribution < -0.4 is 0 Å². The Labute approximate surface area is 64.1 Å². The molecule has 0 aliphatic carbocycles. The fraction of sp³-hybridized carbons (Fsp3) is 0.778. The van der Waals surface area contributed by atoms with Gasteiger partial charge in [-0.05, 0) is 13.3 Å². The van der Waals surface area contributed by atoms with Gasteiger partial charge in [0.05, 0.1) is 5.60 Å². The van der Waals surface area contributed by atoms with Gasteiger partial charge in [-0.25, -0.2) is 0 Å². The Morgan fingerprint density at radius 2 is 2.20 bits per heavy atom. The molecule has 60 valence electrons. The van der Waals surface area contributed by atoms with E-state index in [1.165, 1.54) is 12.8 Å². The van der Waals surface area contributed by atoms with E-state index in [9.17, 15) is 0 Å². The van der Waals surface area contributed by atoms with Crippen LogP contribution in [0.2, 0.25) is 0 Å². The molecule has 1 nitrogen and oxygen atoms in total. The van der Waals surface area contributed by atoms with Crippen LogP contribution in [0.1, 0.15) is 33.1 Å². The van der Waals surface area contributed by atoms with Crippen LogP contribution in [-0.2, 0) is 4.74 Å². The van der Waals surface area contributed by atoms with Crippen molar-refractivity contribution in [1.29, 1.82) is 0 Å². The van der Waals surface area contributed by atoms with Gasteiger partial charge in [-0.15, -0.1) is 6.58 Å². The SMILES string of the molecule is C=CC(C)(CCCC)OC. The number of hydrogen-bond donors (Lipinski definition) is 0. The quantitative estimate of drug-likeness (QED) is 0.536. The summed E-state index contributed by atoms with van der Waals surface area (Å²) >= 11 is 0. The Hall–Kier alpha value is -0.300. The molecule has 0 N–H and O–H groups in total. The minimum Gasteiger partial charge on any atom is -0.374 e. The molecular formula is C9H18O. The van der Waals surface area contributed by atoms with E-state index in [2.05, 4.69) is 20.4 Å². The first-order valence-corrected chi connectivity index (χ1v) is 3.87. The molecule has 0 rings (SSSR count). The molecule has 0 aliphatic heterocycles. The van der Waals surface area contributed by atoms with E-state index >= 15 is 0 Å². The first kappa shape index (κ1) is 9.70. The summed E-state index contributed by atoms with van der Waals surface area (Å²) in [6.07, 6.45) is 5.37. The number of ether oxygens (including phenoxy) is 1. The highest BCUT2D eigenvalue weighted by Crippen LogP contribution is 2.18. The van der Waals surface area contributed by atoms with E-state index in [4.69, 9.17) is 4.74 Å². The standard InChI is InChI=1S/C9H18O/c1-5-7-8-9(3,6-2)10-4/h6H,2,5,7-8H2,1,3-4H3. The number of unbranched alkanes of at least 4 members (excludes halogenated alkanes) is 1. The van der Waals surface area contributed by atoms with E-state index in [1.807, 2.05) is 6.08 Å². The van der Waals surface area contributed by atoms with E-state index < -0.39 is 0 Å². The highest BCUT2D eigenvalue weighted by Gasteiger charge is 2.16. The second-order valence-electron chi connectivity index (χ2n) is 2.82. The van der Waals surface area contributed by atoms with E-state index in [-0.39, 0.29) is 5.60 Å². The van der Waals surface area contributed by atoms with Gasteiger partial charge in [0.1, 0.15) is 0 Å². The first-order chi connectivity index (χ1) is 4.68. The minimum atomic E-state index is -0.101. The molecule has 0 saturated heterocycles. The summed E-state index contributed by atoms with van der Waals surface area (Å²) in [5.74, 6) is 0. The van der Waals surface area contributed by atoms with Gasteiger partial charge in [0.15, 0.2) is 0 Å². The van der Waals surface area contributed by atoms with Gasteiger partial charge < -0.3 is 4.74 Å². The van der Waals surface area contributed by atoms with Gasteiger partial charge in [-0.2, -0.15) is 0 Å². The van der Waals surface area contributed by atoms with Gasteiger partial charge in [-0.3, -0.25) is 0 Å². The molecule has 0 aromatic carbocycles. The first-order valence-electron chi connectivity index (χ1n) is 3.87. The van der Waals surface area contributed by atoms with Crippen molar-refractivity contribution in [2.45, 2.75) is 38.7 Å². The molecule has 10 heavy (non-hydrogen) atoms. The lowest BCUT2D eigenvalue weighted by atomic mass is 9.99. The summed E-state index contributed by atoms with van der Waals surface area (Å²) in [6, 6.07) is 0. The summed E-state index contributed by atoms with van der Waals surface area (Å²) in [5.41, 5.74) is -0.101. The molecule has 0 spiro atoms. The third kappa shape index (κ3) is 3.02. The lowest BCUT2D eigenvalue weighted by Gasteiger charge is -2.23. The van der Waals surface area contributed by atoms with Crippen LogP contribution in [-0.4, -0.2) is 12.7 Å². The molecule has 1 atom stereocenters. The van der Waals surface area contributed by atoms with Crippen LogP contribution in [0.4, 0.5) is 0 Å². The second kappa shape index (κ2) is 4.51. The van der Waals surface area contributed by atoms with Crippen molar-refractivity contribution in [2.75, 3.05) is 7.11 Å². The fourth-order valence-corrected chi connectivity index (χ4v) is 0.815. The molecule has 0 amide bonds. The van der Waals surface area contributed by atoms with Crippen molar-refractivity contribution in [3.05, 3.63) is 12.7 Å². The average Bonchev–Trinajstić information content (AvgIpc) is 2.00. The van der Waals surface area contributed by atoms with E-state index in [1.54, 1.807) is 7.11 Å². The molecule has 0 bridgehead atoms. The van der Waals surface area contributed by atoms with E-state index in [0.717, 1.165) is 6.42 Å². The molecule has 0 aromatic rings. The van der Waals surface area contributed by atoms with Crippen molar-refractivity contribution in [1.82, 2.24) is 0 Å². The summed E-state index contributed by atoms with van der Waals surface area (Å²) in [7, 11) is 1.73. The lowest BCUT2D eigenvalue weighted by Crippen LogP contribution is -2.23. The molecule has 0 heterocycles. The third-order valence-corrected chi connectivity index (χ3v) is 1.92. The maximum atomic E-state index is 5.27. The summed E-state index contributed by atoms with van der Waals surface area (Å²) in [5, 5.41) is 0. The Kier molecular flexibility index (Phi) is 4.37. The van der Waals surface area contributed by atoms with Gasteiger partial charge >= 0.3 is 0 Å². The average molecular weight is 142 g/mol. The Morgan fingerprint density at radius 3 is 2.50 bits per heavy atom. The van der Waals surface area contributed by atoms with Gasteiger partial charge in [0, 0.05) is 7.11 Å². The van der Waals surface area contributed by atoms with Gasteiger partial charge in [0.2, 0.25) is 0 Å². The van der Waals surface area contributed by atoms with Crippen molar-refractivity contribution in [3.63, 3.8) is 0 Å². The maximum absolute atomic E-state index is 5.27. The second-order valence-corrected chi connectivity index (χ2v) is 2.82. The zero-order valence-electron chi connectivity index (χ0n) is 7.31. The predicted octanol–water partition coefficient (Wildman–Crippen LogP) is 2.77. The molecule has 1 unspecified atom stereocenters. The predicted molar refractivity (Wildman–Crippen MR) is 45.1 cm³/mol. The van der Waals surface area contributed by atoms with Crippen molar-refractivity contribution < 1.29 is 4.74 Å². The molecular weight excluding hydrogens is 124 g/mol. The Balaban J connectivity index is 3.68. The number of rotatable bonds is 5. The summed E-state index contributed by atoms with van der Waals surface area (Å²) < 4.78 is 5.27. The monoisotopic (exact) mass is 142 g/mol. The Morgan fingerprint density at radius 1 is 1.60 bits per heavy atom. The van der Waals surface area contributed by atoms with Crippen LogP contribution >= 0.6 is 0 Å². The van der Waals surface area contributed by atoms with Crippen molar-refractivity contribution in [2.24, 2.45) is 0 Å². The van der Waals surface area contributed by atoms with E-state index in [0.29, 0.717) is 0 Å². The van der Waals surface area contributed by atoms with Crippen molar-refractivity contribution >= 4 is 0 Å². The van der Waals surface area contributed by atoms with Crippen LogP contribution in [0.25, 0.3) is 0 Å². The van der Waals surface area contributed by atoms with Gasteiger partial charge in [0.25, 0.3) is 0 Å². The topological polar surface area (TPSA) is 9.23 Å². The van der Waals surface area contributed by atoms with Crippen LogP contribution in [0.3, 0.4) is 0 Å². The molecule has 0 fully saturated rings. The maximum Gasteiger partial charge on any atom is 0.0828 e. The van der Waals surface area contributed by atoms with Crippen LogP contribution in [0.5, 0.6) is 0 Å². The number of methoxy groups -OCH3 is 1. The molecule has 1 heteroatoms. The molecule has 0 aliphatic rings. The highest BCUT2D eigenvalue weighted by atomic mass is 16.5. The fourth-order valence-electron chi connectivity index (χ4n) is 0.815. The smallest absolute Gasteiger partial charge is 0.0828 e. The largest absolute Gasteiger partial charge is 0.374 e. The van der Waals surface area contributed by atoms with Crippen LogP contribution in [0, 0.1) is 0 Å². The molecule has 0 aromatic heterocycles. The molecule has 0 saturated carbocycles. The minimum absolute atomic E-state index is 0.101. The number of hydrogen-bond acceptors (Lipinski definition) is 1. The zero-order valence-corrected chi connectivity index (χ0v) is 7.31. The zero-order chi connectivity index (χ0) is 8.04. The Bertz CT molecular complexity index is 98.9. The highest BCUT2D eigenvalue weighted by molar-refractivity contribution is 4.92.